The van der Waals surface area contributed by atoms with Gasteiger partial charge in [0.25, 0.3) is 0 Å². The Hall–Kier alpha value is -2.34. The number of aliphatic imine (C=N–C) groups is 1. The zero-order valence-corrected chi connectivity index (χ0v) is 19.5. The largest absolute Gasteiger partial charge is 0.506 e. The molecule has 1 N–H and O–H groups in total. The Morgan fingerprint density at radius 2 is 1.83 bits per heavy atom. The van der Waals surface area contributed by atoms with Gasteiger partial charge in [-0.1, -0.05) is 29.3 Å². The van der Waals surface area contributed by atoms with Crippen molar-refractivity contribution in [2.24, 2.45) is 4.99 Å². The van der Waals surface area contributed by atoms with Crippen molar-refractivity contribution in [1.29, 1.82) is 0 Å². The highest BCUT2D eigenvalue weighted by atomic mass is 79.9. The number of aryl methyl sites for hydroxylation is 1. The molecule has 0 aliphatic heterocycles. The van der Waals surface area contributed by atoms with Crippen molar-refractivity contribution in [3.05, 3.63) is 73.2 Å². The summed E-state index contributed by atoms with van der Waals surface area (Å²) in [6.45, 7) is 5.68. The van der Waals surface area contributed by atoms with Gasteiger partial charge in [0, 0.05) is 16.8 Å². The van der Waals surface area contributed by atoms with Crippen LogP contribution in [0, 0.1) is 20.8 Å². The number of aromatic hydroxyl groups is 1. The Kier molecular flexibility index (Phi) is 5.62. The van der Waals surface area contributed by atoms with Gasteiger partial charge in [0.15, 0.2) is 5.58 Å². The van der Waals surface area contributed by atoms with Gasteiger partial charge in [-0.15, -0.1) is 0 Å². The minimum Gasteiger partial charge on any atom is -0.506 e. The lowest BCUT2D eigenvalue weighted by Gasteiger charge is -2.12. The number of rotatable bonds is 3. The highest BCUT2D eigenvalue weighted by molar-refractivity contribution is 9.10. The number of fused-ring (bicyclic) bond motifs is 1. The van der Waals surface area contributed by atoms with Crippen LogP contribution in [-0.2, 0) is 0 Å². The van der Waals surface area contributed by atoms with Crippen LogP contribution in [0.1, 0.15) is 22.3 Å². The Morgan fingerprint density at radius 3 is 2.60 bits per heavy atom. The van der Waals surface area contributed by atoms with Gasteiger partial charge >= 0.3 is 0 Å². The molecule has 0 saturated heterocycles. The molecule has 0 amide bonds. The van der Waals surface area contributed by atoms with Gasteiger partial charge in [-0.05, 0) is 83.7 Å². The normalized spacial score (nSPS) is 11.7. The van der Waals surface area contributed by atoms with Gasteiger partial charge < -0.3 is 9.52 Å². The van der Waals surface area contributed by atoms with E-state index in [0.717, 1.165) is 22.2 Å². The van der Waals surface area contributed by atoms with E-state index in [-0.39, 0.29) is 5.75 Å². The summed E-state index contributed by atoms with van der Waals surface area (Å²) in [5.41, 5.74) is 5.92. The second kappa shape index (κ2) is 8.06. The molecule has 4 nitrogen and oxygen atoms in total. The minimum atomic E-state index is 0.0988. The molecule has 0 spiro atoms. The van der Waals surface area contributed by atoms with E-state index in [1.165, 1.54) is 0 Å². The lowest BCUT2D eigenvalue weighted by Crippen LogP contribution is -1.94. The van der Waals surface area contributed by atoms with Crippen LogP contribution >= 0.6 is 39.1 Å². The van der Waals surface area contributed by atoms with Gasteiger partial charge in [0.05, 0.1) is 20.7 Å². The van der Waals surface area contributed by atoms with E-state index in [1.807, 2.05) is 39.0 Å². The molecule has 30 heavy (non-hydrogen) atoms. The first-order valence-corrected chi connectivity index (χ1v) is 10.7. The maximum absolute atomic E-state index is 10.5. The van der Waals surface area contributed by atoms with Crippen molar-refractivity contribution < 1.29 is 9.52 Å². The SMILES string of the molecule is Cc1ccc2nc(-c3cc(N=Cc4c(C)c(Cl)c(C)c(Br)c4O)ccc3Cl)oc2c1. The van der Waals surface area contributed by atoms with Gasteiger partial charge in [0.1, 0.15) is 11.3 Å². The lowest BCUT2D eigenvalue weighted by atomic mass is 10.0. The second-order valence-electron chi connectivity index (χ2n) is 7.05. The fourth-order valence-electron chi connectivity index (χ4n) is 3.17. The number of hydrogen-bond acceptors (Lipinski definition) is 4. The van der Waals surface area contributed by atoms with E-state index >= 15 is 0 Å². The molecule has 3 aromatic carbocycles. The Morgan fingerprint density at radius 1 is 1.07 bits per heavy atom. The maximum Gasteiger partial charge on any atom is 0.228 e. The second-order valence-corrected chi connectivity index (χ2v) is 8.63. The molecule has 0 fully saturated rings. The quantitative estimate of drug-likeness (QED) is 0.288. The summed E-state index contributed by atoms with van der Waals surface area (Å²) >= 11 is 16.2. The zero-order valence-electron chi connectivity index (χ0n) is 16.4. The van der Waals surface area contributed by atoms with Gasteiger partial charge in [-0.3, -0.25) is 4.99 Å². The van der Waals surface area contributed by atoms with Gasteiger partial charge in [0.2, 0.25) is 5.89 Å². The lowest BCUT2D eigenvalue weighted by molar-refractivity contribution is 0.470. The van der Waals surface area contributed by atoms with E-state index in [4.69, 9.17) is 27.6 Å². The Bertz CT molecular complexity index is 1300. The number of halogens is 3. The van der Waals surface area contributed by atoms with Crippen LogP contribution in [0.5, 0.6) is 5.75 Å². The fraction of sp³-hybridized carbons (Fsp3) is 0.130. The first-order valence-electron chi connectivity index (χ1n) is 9.14. The predicted octanol–water partition coefficient (Wildman–Crippen LogP) is 7.95. The Labute approximate surface area is 192 Å². The van der Waals surface area contributed by atoms with Crippen LogP contribution in [0.3, 0.4) is 0 Å². The van der Waals surface area contributed by atoms with Crippen LogP contribution in [0.25, 0.3) is 22.6 Å². The average Bonchev–Trinajstić information content (AvgIpc) is 3.14. The number of phenols is 1. The zero-order chi connectivity index (χ0) is 21.6. The van der Waals surface area contributed by atoms with Crippen LogP contribution in [0.15, 0.2) is 50.3 Å². The number of nitrogens with zero attached hydrogens (tertiary/aromatic N) is 2. The highest BCUT2D eigenvalue weighted by Gasteiger charge is 2.16. The van der Waals surface area contributed by atoms with E-state index < -0.39 is 0 Å². The summed E-state index contributed by atoms with van der Waals surface area (Å²) in [4.78, 5) is 9.05. The molecule has 7 heteroatoms. The van der Waals surface area contributed by atoms with Gasteiger partial charge in [-0.25, -0.2) is 4.98 Å². The number of benzene rings is 3. The summed E-state index contributed by atoms with van der Waals surface area (Å²) in [6.07, 6.45) is 1.59. The third-order valence-electron chi connectivity index (χ3n) is 4.92. The number of phenolic OH excluding ortho intramolecular Hbond substituents is 1. The monoisotopic (exact) mass is 502 g/mol. The topological polar surface area (TPSA) is 58.6 Å². The van der Waals surface area contributed by atoms with E-state index in [2.05, 4.69) is 25.9 Å². The molecule has 0 atom stereocenters. The van der Waals surface area contributed by atoms with Gasteiger partial charge in [-0.2, -0.15) is 0 Å². The minimum absolute atomic E-state index is 0.0988. The van der Waals surface area contributed by atoms with E-state index in [0.29, 0.717) is 42.8 Å². The van der Waals surface area contributed by atoms with Crippen molar-refractivity contribution >= 4 is 62.1 Å². The first-order chi connectivity index (χ1) is 14.3. The van der Waals surface area contributed by atoms with Crippen LogP contribution < -0.4 is 0 Å². The molecule has 152 valence electrons. The first kappa shape index (κ1) is 20.9. The average molecular weight is 504 g/mol. The smallest absolute Gasteiger partial charge is 0.228 e. The molecule has 0 bridgehead atoms. The van der Waals surface area contributed by atoms with Crippen molar-refractivity contribution in [1.82, 2.24) is 4.98 Å². The number of hydrogen-bond donors (Lipinski definition) is 1. The van der Waals surface area contributed by atoms with Crippen LogP contribution in [0.4, 0.5) is 5.69 Å². The van der Waals surface area contributed by atoms with Crippen molar-refractivity contribution in [3.63, 3.8) is 0 Å². The summed E-state index contributed by atoms with van der Waals surface area (Å²) < 4.78 is 6.46. The molecule has 1 aromatic heterocycles. The van der Waals surface area contributed by atoms with E-state index in [1.54, 1.807) is 24.4 Å². The number of aromatic nitrogens is 1. The predicted molar refractivity (Wildman–Crippen MR) is 127 cm³/mol. The molecule has 0 aliphatic rings. The maximum atomic E-state index is 10.5. The molecule has 1 heterocycles. The molecule has 0 unspecified atom stereocenters. The fourth-order valence-corrected chi connectivity index (χ4v) is 4.09. The van der Waals surface area contributed by atoms with E-state index in [9.17, 15) is 5.11 Å². The Balaban J connectivity index is 1.75. The molecule has 0 aliphatic carbocycles. The third kappa shape index (κ3) is 3.73. The van der Waals surface area contributed by atoms with Crippen molar-refractivity contribution in [3.8, 4) is 17.2 Å². The highest BCUT2D eigenvalue weighted by Crippen LogP contribution is 2.39. The summed E-state index contributed by atoms with van der Waals surface area (Å²) in [5, 5.41) is 11.6. The summed E-state index contributed by atoms with van der Waals surface area (Å²) in [7, 11) is 0. The molecule has 4 rings (SSSR count). The standard InChI is InChI=1S/C23H17BrCl2N2O2/c1-11-4-7-18-19(8-11)30-23(28-18)15-9-14(5-6-17(15)25)27-10-16-12(2)21(26)13(3)20(24)22(16)29/h4-10,29H,1-3H3. The summed E-state index contributed by atoms with van der Waals surface area (Å²) in [5.74, 6) is 0.527. The molecular weight excluding hydrogens is 487 g/mol. The molecule has 0 radical (unpaired) electrons. The van der Waals surface area contributed by atoms with Crippen molar-refractivity contribution in [2.75, 3.05) is 0 Å². The molecular formula is C23H17BrCl2N2O2. The number of oxazole rings is 1. The molecule has 4 aromatic rings. The third-order valence-corrected chi connectivity index (χ3v) is 6.79. The van der Waals surface area contributed by atoms with Crippen LogP contribution in [0.2, 0.25) is 10.0 Å². The molecule has 0 saturated carbocycles. The van der Waals surface area contributed by atoms with Crippen LogP contribution in [-0.4, -0.2) is 16.3 Å². The van der Waals surface area contributed by atoms with Crippen molar-refractivity contribution in [2.45, 2.75) is 20.8 Å². The summed E-state index contributed by atoms with van der Waals surface area (Å²) in [6, 6.07) is 11.2.